The standard InChI is InChI=1S/C24H28N2O3/c27-24(20-8-9-21-19(16-20)10-14-28-21)26-13-15-29-22(17-25-11-4-5-12-25)23(26)18-6-2-1-3-7-18/h1-3,6-9,16,22-23H,4-5,10-15,17H2/t22-,23-/m0/s1. The van der Waals surface area contributed by atoms with Crippen LogP contribution in [0.4, 0.5) is 0 Å². The van der Waals surface area contributed by atoms with Crippen molar-refractivity contribution in [3.63, 3.8) is 0 Å². The van der Waals surface area contributed by atoms with E-state index in [0.717, 1.165) is 48.5 Å². The van der Waals surface area contributed by atoms with Crippen LogP contribution in [0.25, 0.3) is 0 Å². The maximum absolute atomic E-state index is 13.6. The molecule has 0 aliphatic carbocycles. The average molecular weight is 392 g/mol. The normalized spacial score (nSPS) is 24.3. The van der Waals surface area contributed by atoms with Crippen molar-refractivity contribution in [3.8, 4) is 5.75 Å². The van der Waals surface area contributed by atoms with Gasteiger partial charge in [0.1, 0.15) is 5.75 Å². The fraction of sp³-hybridized carbons (Fsp3) is 0.458. The molecule has 29 heavy (non-hydrogen) atoms. The second kappa shape index (κ2) is 8.17. The minimum atomic E-state index is -0.0671. The lowest BCUT2D eigenvalue weighted by molar-refractivity contribution is -0.0707. The van der Waals surface area contributed by atoms with Gasteiger partial charge in [-0.05, 0) is 55.3 Å². The van der Waals surface area contributed by atoms with Crippen LogP contribution in [-0.4, -0.2) is 61.2 Å². The van der Waals surface area contributed by atoms with E-state index < -0.39 is 0 Å². The Morgan fingerprint density at radius 3 is 2.66 bits per heavy atom. The first-order chi connectivity index (χ1) is 14.3. The van der Waals surface area contributed by atoms with Gasteiger partial charge in [0.25, 0.3) is 5.91 Å². The van der Waals surface area contributed by atoms with E-state index in [1.807, 2.05) is 41.3 Å². The van der Waals surface area contributed by atoms with Crippen LogP contribution in [0.1, 0.15) is 40.4 Å². The van der Waals surface area contributed by atoms with Gasteiger partial charge in [-0.2, -0.15) is 0 Å². The molecule has 5 heteroatoms. The second-order valence-corrected chi connectivity index (χ2v) is 8.19. The summed E-state index contributed by atoms with van der Waals surface area (Å²) in [6, 6.07) is 16.1. The Morgan fingerprint density at radius 1 is 1.00 bits per heavy atom. The summed E-state index contributed by atoms with van der Waals surface area (Å²) in [6.07, 6.45) is 3.37. The number of amides is 1. The number of nitrogens with zero attached hydrogens (tertiary/aromatic N) is 2. The molecule has 5 nitrogen and oxygen atoms in total. The Kier molecular flexibility index (Phi) is 5.25. The summed E-state index contributed by atoms with van der Waals surface area (Å²) in [4.78, 5) is 18.1. The van der Waals surface area contributed by atoms with E-state index in [1.165, 1.54) is 12.8 Å². The smallest absolute Gasteiger partial charge is 0.254 e. The fourth-order valence-corrected chi connectivity index (χ4v) is 4.86. The van der Waals surface area contributed by atoms with Gasteiger partial charge < -0.3 is 19.3 Å². The summed E-state index contributed by atoms with van der Waals surface area (Å²) in [7, 11) is 0. The van der Waals surface area contributed by atoms with Gasteiger partial charge in [0, 0.05) is 25.1 Å². The van der Waals surface area contributed by atoms with Gasteiger partial charge in [-0.15, -0.1) is 0 Å². The van der Waals surface area contributed by atoms with Crippen molar-refractivity contribution in [3.05, 3.63) is 65.2 Å². The molecule has 3 aliphatic rings. The van der Waals surface area contributed by atoms with Crippen LogP contribution >= 0.6 is 0 Å². The Hall–Kier alpha value is -2.37. The maximum atomic E-state index is 13.6. The van der Waals surface area contributed by atoms with Crippen LogP contribution in [0.15, 0.2) is 48.5 Å². The lowest BCUT2D eigenvalue weighted by atomic mass is 9.96. The molecule has 3 aliphatic heterocycles. The third-order valence-corrected chi connectivity index (χ3v) is 6.33. The van der Waals surface area contributed by atoms with Crippen molar-refractivity contribution in [1.29, 1.82) is 0 Å². The summed E-state index contributed by atoms with van der Waals surface area (Å²) < 4.78 is 11.9. The van der Waals surface area contributed by atoms with E-state index in [1.54, 1.807) is 0 Å². The van der Waals surface area contributed by atoms with Crippen molar-refractivity contribution < 1.29 is 14.3 Å². The summed E-state index contributed by atoms with van der Waals surface area (Å²) in [5, 5.41) is 0. The van der Waals surface area contributed by atoms with Gasteiger partial charge in [-0.3, -0.25) is 4.79 Å². The van der Waals surface area contributed by atoms with Crippen LogP contribution in [-0.2, 0) is 11.2 Å². The molecule has 0 aromatic heterocycles. The highest BCUT2D eigenvalue weighted by Gasteiger charge is 2.38. The molecule has 0 spiro atoms. The van der Waals surface area contributed by atoms with E-state index in [4.69, 9.17) is 9.47 Å². The van der Waals surface area contributed by atoms with Gasteiger partial charge in [0.2, 0.25) is 0 Å². The Labute approximate surface area is 172 Å². The summed E-state index contributed by atoms with van der Waals surface area (Å²) in [5.74, 6) is 0.998. The summed E-state index contributed by atoms with van der Waals surface area (Å²) in [6.45, 7) is 5.03. The van der Waals surface area contributed by atoms with Gasteiger partial charge in [0.05, 0.1) is 25.4 Å². The molecule has 0 saturated carbocycles. The van der Waals surface area contributed by atoms with Gasteiger partial charge >= 0.3 is 0 Å². The molecule has 0 N–H and O–H groups in total. The molecule has 2 aromatic rings. The van der Waals surface area contributed by atoms with Crippen LogP contribution < -0.4 is 4.74 Å². The number of hydrogen-bond acceptors (Lipinski definition) is 4. The topological polar surface area (TPSA) is 42.0 Å². The number of hydrogen-bond donors (Lipinski definition) is 0. The van der Waals surface area contributed by atoms with Crippen LogP contribution in [0.3, 0.4) is 0 Å². The molecule has 1 amide bonds. The number of rotatable bonds is 4. The highest BCUT2D eigenvalue weighted by molar-refractivity contribution is 5.95. The molecule has 3 heterocycles. The van der Waals surface area contributed by atoms with E-state index in [2.05, 4.69) is 17.0 Å². The van der Waals surface area contributed by atoms with Crippen molar-refractivity contribution >= 4 is 5.91 Å². The fourth-order valence-electron chi connectivity index (χ4n) is 4.86. The van der Waals surface area contributed by atoms with Crippen LogP contribution in [0, 0.1) is 0 Å². The lowest BCUT2D eigenvalue weighted by Gasteiger charge is -2.43. The Balaban J connectivity index is 1.45. The highest BCUT2D eigenvalue weighted by atomic mass is 16.5. The minimum absolute atomic E-state index is 0.00837. The molecular weight excluding hydrogens is 364 g/mol. The van der Waals surface area contributed by atoms with Gasteiger partial charge in [0.15, 0.2) is 0 Å². The molecule has 5 rings (SSSR count). The molecule has 0 unspecified atom stereocenters. The number of fused-ring (bicyclic) bond motifs is 1. The predicted molar refractivity (Wildman–Crippen MR) is 111 cm³/mol. The zero-order valence-corrected chi connectivity index (χ0v) is 16.8. The van der Waals surface area contributed by atoms with Crippen LogP contribution in [0.5, 0.6) is 5.75 Å². The van der Waals surface area contributed by atoms with Crippen molar-refractivity contribution in [2.75, 3.05) is 39.4 Å². The number of carbonyl (C=O) groups is 1. The number of ether oxygens (including phenoxy) is 2. The monoisotopic (exact) mass is 392 g/mol. The van der Waals surface area contributed by atoms with Gasteiger partial charge in [-0.1, -0.05) is 30.3 Å². The number of carbonyl (C=O) groups excluding carboxylic acids is 1. The molecule has 152 valence electrons. The molecule has 0 bridgehead atoms. The number of likely N-dealkylation sites (tertiary alicyclic amines) is 1. The zero-order valence-electron chi connectivity index (χ0n) is 16.8. The maximum Gasteiger partial charge on any atom is 0.254 e. The third kappa shape index (κ3) is 3.77. The predicted octanol–water partition coefficient (Wildman–Crippen LogP) is 3.30. The van der Waals surface area contributed by atoms with E-state index in [-0.39, 0.29) is 18.1 Å². The molecule has 0 radical (unpaired) electrons. The minimum Gasteiger partial charge on any atom is -0.493 e. The number of benzene rings is 2. The van der Waals surface area contributed by atoms with Crippen molar-refractivity contribution in [2.24, 2.45) is 0 Å². The molecular formula is C24H28N2O3. The van der Waals surface area contributed by atoms with Crippen LogP contribution in [0.2, 0.25) is 0 Å². The first-order valence-corrected chi connectivity index (χ1v) is 10.8. The molecule has 2 aromatic carbocycles. The molecule has 2 fully saturated rings. The third-order valence-electron chi connectivity index (χ3n) is 6.33. The largest absolute Gasteiger partial charge is 0.493 e. The average Bonchev–Trinajstić information content (AvgIpc) is 3.45. The first-order valence-electron chi connectivity index (χ1n) is 10.8. The Morgan fingerprint density at radius 2 is 1.83 bits per heavy atom. The van der Waals surface area contributed by atoms with E-state index in [0.29, 0.717) is 19.8 Å². The number of morpholine rings is 1. The van der Waals surface area contributed by atoms with Gasteiger partial charge in [-0.25, -0.2) is 0 Å². The SMILES string of the molecule is O=C(c1ccc2c(c1)CCO2)N1CCO[C@@H](CN2CCCC2)[C@@H]1c1ccccc1. The first kappa shape index (κ1) is 18.6. The Bertz CT molecular complexity index is 864. The summed E-state index contributed by atoms with van der Waals surface area (Å²) >= 11 is 0. The zero-order chi connectivity index (χ0) is 19.6. The van der Waals surface area contributed by atoms with Crippen molar-refractivity contribution in [1.82, 2.24) is 9.80 Å². The summed E-state index contributed by atoms with van der Waals surface area (Å²) in [5.41, 5.74) is 3.03. The quantitative estimate of drug-likeness (QED) is 0.801. The van der Waals surface area contributed by atoms with E-state index >= 15 is 0 Å². The highest BCUT2D eigenvalue weighted by Crippen LogP contribution is 2.33. The second-order valence-electron chi connectivity index (χ2n) is 8.19. The van der Waals surface area contributed by atoms with E-state index in [9.17, 15) is 4.79 Å². The van der Waals surface area contributed by atoms with Crippen molar-refractivity contribution in [2.45, 2.75) is 31.4 Å². The molecule has 2 saturated heterocycles. The molecule has 2 atom stereocenters. The lowest BCUT2D eigenvalue weighted by Crippen LogP contribution is -2.51.